The Morgan fingerprint density at radius 1 is 1.21 bits per heavy atom. The maximum absolute atomic E-state index is 4.57. The van der Waals surface area contributed by atoms with Gasteiger partial charge in [-0.25, -0.2) is 4.98 Å². The van der Waals surface area contributed by atoms with E-state index in [1.54, 1.807) is 0 Å². The van der Waals surface area contributed by atoms with Crippen molar-refractivity contribution in [2.45, 2.75) is 12.5 Å². The van der Waals surface area contributed by atoms with Crippen LogP contribution in [0.15, 0.2) is 30.5 Å². The van der Waals surface area contributed by atoms with Gasteiger partial charge in [0.05, 0.1) is 29.0 Å². The van der Waals surface area contributed by atoms with Crippen molar-refractivity contribution in [3.63, 3.8) is 0 Å². The first-order chi connectivity index (χ1) is 6.93. The molecule has 0 aliphatic carbocycles. The van der Waals surface area contributed by atoms with Crippen molar-refractivity contribution in [2.75, 3.05) is 6.54 Å². The van der Waals surface area contributed by atoms with Gasteiger partial charge in [0.15, 0.2) is 0 Å². The van der Waals surface area contributed by atoms with Crippen LogP contribution >= 0.6 is 0 Å². The highest BCUT2D eigenvalue weighted by molar-refractivity contribution is 5.73. The fourth-order valence-corrected chi connectivity index (χ4v) is 1.68. The number of rotatable bonds is 1. The zero-order valence-corrected chi connectivity index (χ0v) is 7.77. The summed E-state index contributed by atoms with van der Waals surface area (Å²) in [4.78, 5) is 8.95. The van der Waals surface area contributed by atoms with Crippen molar-refractivity contribution in [1.29, 1.82) is 0 Å². The molecule has 3 nitrogen and oxygen atoms in total. The molecule has 1 aromatic heterocycles. The Hall–Kier alpha value is -1.48. The number of aromatic nitrogens is 2. The summed E-state index contributed by atoms with van der Waals surface area (Å²) in [6, 6.07) is 8.39. The Bertz CT molecular complexity index is 463. The monoisotopic (exact) mass is 185 g/mol. The van der Waals surface area contributed by atoms with Gasteiger partial charge in [-0.2, -0.15) is 0 Å². The van der Waals surface area contributed by atoms with Crippen LogP contribution in [0.3, 0.4) is 0 Å². The molecule has 3 heteroatoms. The molecule has 14 heavy (non-hydrogen) atoms. The van der Waals surface area contributed by atoms with E-state index in [1.165, 1.54) is 6.42 Å². The second-order valence-electron chi connectivity index (χ2n) is 3.58. The van der Waals surface area contributed by atoms with Crippen molar-refractivity contribution < 1.29 is 0 Å². The van der Waals surface area contributed by atoms with Crippen molar-refractivity contribution >= 4 is 11.0 Å². The summed E-state index contributed by atoms with van der Waals surface area (Å²) in [5.74, 6) is 0. The third-order valence-electron chi connectivity index (χ3n) is 2.65. The zero-order valence-electron chi connectivity index (χ0n) is 7.77. The Labute approximate surface area is 82.2 Å². The van der Waals surface area contributed by atoms with E-state index in [0.29, 0.717) is 6.04 Å². The maximum atomic E-state index is 4.57. The predicted octanol–water partition coefficient (Wildman–Crippen LogP) is 1.66. The van der Waals surface area contributed by atoms with Gasteiger partial charge in [-0.05, 0) is 25.1 Å². The molecular weight excluding hydrogens is 174 g/mol. The number of benzene rings is 1. The van der Waals surface area contributed by atoms with Gasteiger partial charge < -0.3 is 5.32 Å². The van der Waals surface area contributed by atoms with Gasteiger partial charge in [-0.1, -0.05) is 12.1 Å². The van der Waals surface area contributed by atoms with Gasteiger partial charge >= 0.3 is 0 Å². The zero-order chi connectivity index (χ0) is 9.38. The second-order valence-corrected chi connectivity index (χ2v) is 3.58. The Kier molecular flexibility index (Phi) is 1.70. The first-order valence-corrected chi connectivity index (χ1v) is 4.88. The normalized spacial score (nSPS) is 20.7. The van der Waals surface area contributed by atoms with Gasteiger partial charge in [0.25, 0.3) is 0 Å². The molecule has 70 valence electrons. The molecule has 0 spiro atoms. The highest BCUT2D eigenvalue weighted by Crippen LogP contribution is 2.21. The largest absolute Gasteiger partial charge is 0.308 e. The molecule has 0 radical (unpaired) electrons. The van der Waals surface area contributed by atoms with Crippen LogP contribution in [0.5, 0.6) is 0 Å². The molecule has 1 atom stereocenters. The summed E-state index contributed by atoms with van der Waals surface area (Å²) in [7, 11) is 0. The van der Waals surface area contributed by atoms with Crippen LogP contribution < -0.4 is 5.32 Å². The van der Waals surface area contributed by atoms with E-state index >= 15 is 0 Å². The average Bonchev–Trinajstić information content (AvgIpc) is 2.15. The topological polar surface area (TPSA) is 37.8 Å². The Morgan fingerprint density at radius 2 is 2.00 bits per heavy atom. The fraction of sp³-hybridized carbons (Fsp3) is 0.273. The van der Waals surface area contributed by atoms with Crippen molar-refractivity contribution in [3.05, 3.63) is 36.2 Å². The lowest BCUT2D eigenvalue weighted by molar-refractivity contribution is 0.375. The lowest BCUT2D eigenvalue weighted by Gasteiger charge is -2.26. The first-order valence-electron chi connectivity index (χ1n) is 4.88. The van der Waals surface area contributed by atoms with Crippen LogP contribution in [0.1, 0.15) is 18.2 Å². The third kappa shape index (κ3) is 1.17. The van der Waals surface area contributed by atoms with Gasteiger partial charge in [0.2, 0.25) is 0 Å². The Balaban J connectivity index is 2.10. The minimum absolute atomic E-state index is 0.423. The minimum atomic E-state index is 0.423. The van der Waals surface area contributed by atoms with Crippen LogP contribution in [0.2, 0.25) is 0 Å². The number of nitrogens with one attached hydrogen (secondary N) is 1. The van der Waals surface area contributed by atoms with Crippen molar-refractivity contribution in [2.24, 2.45) is 0 Å². The van der Waals surface area contributed by atoms with E-state index in [4.69, 9.17) is 0 Å². The van der Waals surface area contributed by atoms with Crippen LogP contribution in [0.4, 0.5) is 0 Å². The molecule has 0 amide bonds. The summed E-state index contributed by atoms with van der Waals surface area (Å²) in [6.07, 6.45) is 3.05. The van der Waals surface area contributed by atoms with Gasteiger partial charge in [-0.3, -0.25) is 4.98 Å². The molecule has 0 saturated carbocycles. The van der Waals surface area contributed by atoms with E-state index in [9.17, 15) is 0 Å². The molecule has 3 rings (SSSR count). The van der Waals surface area contributed by atoms with E-state index in [1.807, 2.05) is 30.5 Å². The number of hydrogen-bond acceptors (Lipinski definition) is 3. The van der Waals surface area contributed by atoms with E-state index in [-0.39, 0.29) is 0 Å². The lowest BCUT2D eigenvalue weighted by atomic mass is 10.0. The van der Waals surface area contributed by atoms with E-state index in [2.05, 4.69) is 15.3 Å². The molecule has 1 N–H and O–H groups in total. The summed E-state index contributed by atoms with van der Waals surface area (Å²) < 4.78 is 0. The van der Waals surface area contributed by atoms with Crippen LogP contribution in [-0.4, -0.2) is 16.5 Å². The standard InChI is InChI=1S/C11H11N3/c1-2-4-10-8(3-1)13-7-11(14-10)9-5-6-12-9/h1-4,7,9,12H,5-6H2. The molecule has 1 aromatic carbocycles. The first kappa shape index (κ1) is 7.88. The smallest absolute Gasteiger partial charge is 0.0890 e. The quantitative estimate of drug-likeness (QED) is 0.734. The number of hydrogen-bond donors (Lipinski definition) is 1. The van der Waals surface area contributed by atoms with Crippen molar-refractivity contribution in [3.8, 4) is 0 Å². The molecular formula is C11H11N3. The summed E-state index contributed by atoms with van der Waals surface area (Å²) in [5.41, 5.74) is 3.02. The predicted molar refractivity (Wildman–Crippen MR) is 54.9 cm³/mol. The van der Waals surface area contributed by atoms with Crippen LogP contribution in [0.25, 0.3) is 11.0 Å². The fourth-order valence-electron chi connectivity index (χ4n) is 1.68. The summed E-state index contributed by atoms with van der Waals surface area (Å²) in [6.45, 7) is 1.10. The highest BCUT2D eigenvalue weighted by atomic mass is 15.0. The molecule has 1 aliphatic heterocycles. The number of para-hydroxylation sites is 2. The van der Waals surface area contributed by atoms with Gasteiger partial charge in [-0.15, -0.1) is 0 Å². The van der Waals surface area contributed by atoms with Crippen LogP contribution in [-0.2, 0) is 0 Å². The van der Waals surface area contributed by atoms with E-state index in [0.717, 1.165) is 23.3 Å². The summed E-state index contributed by atoms with van der Waals surface area (Å²) >= 11 is 0. The molecule has 1 unspecified atom stereocenters. The van der Waals surface area contributed by atoms with Gasteiger partial charge in [0.1, 0.15) is 0 Å². The molecule has 1 aliphatic rings. The maximum Gasteiger partial charge on any atom is 0.0890 e. The highest BCUT2D eigenvalue weighted by Gasteiger charge is 2.19. The second kappa shape index (κ2) is 3.03. The SMILES string of the molecule is c1ccc2nc(C3CCN3)cnc2c1. The lowest BCUT2D eigenvalue weighted by Crippen LogP contribution is -2.35. The summed E-state index contributed by atoms with van der Waals surface area (Å²) in [5, 5.41) is 3.32. The molecule has 2 aromatic rings. The molecule has 1 saturated heterocycles. The van der Waals surface area contributed by atoms with Crippen LogP contribution in [0, 0.1) is 0 Å². The third-order valence-corrected chi connectivity index (χ3v) is 2.65. The minimum Gasteiger partial charge on any atom is -0.308 e. The number of nitrogens with zero attached hydrogens (tertiary/aromatic N) is 2. The molecule has 0 bridgehead atoms. The number of fused-ring (bicyclic) bond motifs is 1. The van der Waals surface area contributed by atoms with E-state index < -0.39 is 0 Å². The molecule has 2 heterocycles. The molecule has 1 fully saturated rings. The Morgan fingerprint density at radius 3 is 2.71 bits per heavy atom. The van der Waals surface area contributed by atoms with Gasteiger partial charge in [0, 0.05) is 0 Å². The average molecular weight is 185 g/mol. The van der Waals surface area contributed by atoms with Crippen molar-refractivity contribution in [1.82, 2.24) is 15.3 Å².